The Bertz CT molecular complexity index is 421. The van der Waals surface area contributed by atoms with Gasteiger partial charge in [-0.3, -0.25) is 0 Å². The van der Waals surface area contributed by atoms with E-state index in [0.717, 1.165) is 29.0 Å². The molecule has 1 N–H and O–H groups in total. The normalized spacial score (nSPS) is 10.5. The molecule has 0 atom stereocenters. The van der Waals surface area contributed by atoms with Gasteiger partial charge in [0, 0.05) is 11.0 Å². The van der Waals surface area contributed by atoms with Gasteiger partial charge in [-0.1, -0.05) is 45.6 Å². The number of anilines is 1. The SMILES string of the molecule is CC(C)CCCCCCNc1cccc(Br)c1C#N. The summed E-state index contributed by atoms with van der Waals surface area (Å²) in [4.78, 5) is 0. The lowest BCUT2D eigenvalue weighted by Crippen LogP contribution is -2.03. The molecule has 0 bridgehead atoms. The molecule has 0 unspecified atom stereocenters. The number of rotatable bonds is 8. The van der Waals surface area contributed by atoms with E-state index < -0.39 is 0 Å². The van der Waals surface area contributed by atoms with Crippen molar-refractivity contribution >= 4 is 21.6 Å². The van der Waals surface area contributed by atoms with Gasteiger partial charge in [0.25, 0.3) is 0 Å². The van der Waals surface area contributed by atoms with E-state index in [1.807, 2.05) is 18.2 Å². The first kappa shape index (κ1) is 16.0. The molecular formula is C16H23BrN2. The monoisotopic (exact) mass is 322 g/mol. The largest absolute Gasteiger partial charge is 0.384 e. The average Bonchev–Trinajstić information content (AvgIpc) is 2.37. The molecule has 1 aromatic rings. The highest BCUT2D eigenvalue weighted by Crippen LogP contribution is 2.23. The summed E-state index contributed by atoms with van der Waals surface area (Å²) in [6.45, 7) is 5.49. The molecule has 3 heteroatoms. The van der Waals surface area contributed by atoms with Gasteiger partial charge >= 0.3 is 0 Å². The maximum Gasteiger partial charge on any atom is 0.103 e. The van der Waals surface area contributed by atoms with Crippen molar-refractivity contribution in [3.8, 4) is 6.07 Å². The third-order valence-electron chi connectivity index (χ3n) is 3.15. The van der Waals surface area contributed by atoms with Crippen LogP contribution in [0.5, 0.6) is 0 Å². The van der Waals surface area contributed by atoms with Crippen LogP contribution in [0.1, 0.15) is 51.5 Å². The maximum absolute atomic E-state index is 9.10. The van der Waals surface area contributed by atoms with E-state index in [2.05, 4.69) is 41.2 Å². The van der Waals surface area contributed by atoms with E-state index in [1.165, 1.54) is 25.7 Å². The third kappa shape index (κ3) is 6.11. The fourth-order valence-corrected chi connectivity index (χ4v) is 2.49. The first-order chi connectivity index (χ1) is 9.15. The summed E-state index contributed by atoms with van der Waals surface area (Å²) in [6, 6.07) is 8.04. The van der Waals surface area contributed by atoms with Crippen LogP contribution in [-0.4, -0.2) is 6.54 Å². The van der Waals surface area contributed by atoms with Crippen molar-refractivity contribution in [2.45, 2.75) is 46.0 Å². The molecular weight excluding hydrogens is 300 g/mol. The first-order valence-corrected chi connectivity index (χ1v) is 7.87. The highest BCUT2D eigenvalue weighted by molar-refractivity contribution is 9.10. The molecule has 0 amide bonds. The lowest BCUT2D eigenvalue weighted by atomic mass is 10.0. The van der Waals surface area contributed by atoms with Gasteiger partial charge in [-0.2, -0.15) is 5.26 Å². The van der Waals surface area contributed by atoms with E-state index in [-0.39, 0.29) is 0 Å². The maximum atomic E-state index is 9.10. The topological polar surface area (TPSA) is 35.8 Å². The highest BCUT2D eigenvalue weighted by atomic mass is 79.9. The Kier molecular flexibility index (Phi) is 7.59. The van der Waals surface area contributed by atoms with Crippen molar-refractivity contribution in [1.29, 1.82) is 5.26 Å². The lowest BCUT2D eigenvalue weighted by Gasteiger charge is -2.09. The van der Waals surface area contributed by atoms with Crippen molar-refractivity contribution in [3.05, 3.63) is 28.2 Å². The molecule has 1 rings (SSSR count). The fourth-order valence-electron chi connectivity index (χ4n) is 2.04. The molecule has 1 aromatic carbocycles. The van der Waals surface area contributed by atoms with Gasteiger partial charge in [0.15, 0.2) is 0 Å². The zero-order valence-corrected chi connectivity index (χ0v) is 13.5. The second-order valence-electron chi connectivity index (χ2n) is 5.30. The Labute approximate surface area is 125 Å². The van der Waals surface area contributed by atoms with Crippen LogP contribution >= 0.6 is 15.9 Å². The van der Waals surface area contributed by atoms with Crippen molar-refractivity contribution in [3.63, 3.8) is 0 Å². The minimum atomic E-state index is 0.697. The number of nitriles is 1. The van der Waals surface area contributed by atoms with Gasteiger partial charge in [-0.25, -0.2) is 0 Å². The molecule has 0 saturated heterocycles. The van der Waals surface area contributed by atoms with Crippen LogP contribution < -0.4 is 5.32 Å². The number of nitrogens with zero attached hydrogens (tertiary/aromatic N) is 1. The Balaban J connectivity index is 2.23. The molecule has 0 spiro atoms. The van der Waals surface area contributed by atoms with E-state index >= 15 is 0 Å². The van der Waals surface area contributed by atoms with Crippen LogP contribution in [0.2, 0.25) is 0 Å². The summed E-state index contributed by atoms with van der Waals surface area (Å²) in [5.74, 6) is 0.818. The standard InChI is InChI=1S/C16H23BrN2/c1-13(2)8-5-3-4-6-11-19-16-10-7-9-15(17)14(16)12-18/h7,9-10,13,19H,3-6,8,11H2,1-2H3. The Morgan fingerprint density at radius 1 is 1.21 bits per heavy atom. The lowest BCUT2D eigenvalue weighted by molar-refractivity contribution is 0.523. The zero-order valence-electron chi connectivity index (χ0n) is 11.9. The van der Waals surface area contributed by atoms with Gasteiger partial charge in [-0.15, -0.1) is 0 Å². The van der Waals surface area contributed by atoms with E-state index in [0.29, 0.717) is 5.56 Å². The van der Waals surface area contributed by atoms with E-state index in [1.54, 1.807) is 0 Å². The van der Waals surface area contributed by atoms with Gasteiger partial charge in [0.2, 0.25) is 0 Å². The van der Waals surface area contributed by atoms with E-state index in [9.17, 15) is 0 Å². The molecule has 2 nitrogen and oxygen atoms in total. The van der Waals surface area contributed by atoms with Crippen molar-refractivity contribution in [2.75, 3.05) is 11.9 Å². The molecule has 19 heavy (non-hydrogen) atoms. The smallest absolute Gasteiger partial charge is 0.103 e. The molecule has 0 fully saturated rings. The minimum absolute atomic E-state index is 0.697. The van der Waals surface area contributed by atoms with Crippen LogP contribution in [0, 0.1) is 17.2 Å². The summed E-state index contributed by atoms with van der Waals surface area (Å²) in [5.41, 5.74) is 1.63. The van der Waals surface area contributed by atoms with Crippen LogP contribution in [0.3, 0.4) is 0 Å². The Morgan fingerprint density at radius 3 is 2.63 bits per heavy atom. The molecule has 0 aliphatic rings. The summed E-state index contributed by atoms with van der Waals surface area (Å²) in [6.07, 6.45) is 6.39. The number of nitrogens with one attached hydrogen (secondary N) is 1. The Morgan fingerprint density at radius 2 is 1.95 bits per heavy atom. The Hall–Kier alpha value is -1.01. The average molecular weight is 323 g/mol. The van der Waals surface area contributed by atoms with Crippen LogP contribution in [-0.2, 0) is 0 Å². The third-order valence-corrected chi connectivity index (χ3v) is 3.81. The van der Waals surface area contributed by atoms with Gasteiger partial charge in [0.05, 0.1) is 11.3 Å². The molecule has 104 valence electrons. The number of halogens is 1. The van der Waals surface area contributed by atoms with Crippen molar-refractivity contribution < 1.29 is 0 Å². The molecule has 0 aliphatic carbocycles. The molecule has 0 radical (unpaired) electrons. The predicted octanol–water partition coefficient (Wildman–Crippen LogP) is 5.34. The molecule has 0 aliphatic heterocycles. The summed E-state index contributed by atoms with van der Waals surface area (Å²) in [5, 5.41) is 12.5. The van der Waals surface area contributed by atoms with Crippen molar-refractivity contribution in [1.82, 2.24) is 0 Å². The molecule has 0 saturated carbocycles. The molecule has 0 aromatic heterocycles. The van der Waals surface area contributed by atoms with Crippen LogP contribution in [0.15, 0.2) is 22.7 Å². The quantitative estimate of drug-likeness (QED) is 0.656. The van der Waals surface area contributed by atoms with Crippen LogP contribution in [0.4, 0.5) is 5.69 Å². The second-order valence-corrected chi connectivity index (χ2v) is 6.15. The number of benzene rings is 1. The summed E-state index contributed by atoms with van der Waals surface area (Å²) >= 11 is 3.40. The second kappa shape index (κ2) is 8.98. The highest BCUT2D eigenvalue weighted by Gasteiger charge is 2.04. The predicted molar refractivity (Wildman–Crippen MR) is 85.3 cm³/mol. The van der Waals surface area contributed by atoms with Gasteiger partial charge < -0.3 is 5.32 Å². The summed E-state index contributed by atoms with van der Waals surface area (Å²) < 4.78 is 0.858. The summed E-state index contributed by atoms with van der Waals surface area (Å²) in [7, 11) is 0. The zero-order chi connectivity index (χ0) is 14.1. The van der Waals surface area contributed by atoms with Gasteiger partial charge in [-0.05, 0) is 40.4 Å². The van der Waals surface area contributed by atoms with E-state index in [4.69, 9.17) is 5.26 Å². The number of unbranched alkanes of at least 4 members (excludes halogenated alkanes) is 3. The fraction of sp³-hybridized carbons (Fsp3) is 0.562. The van der Waals surface area contributed by atoms with Crippen LogP contribution in [0.25, 0.3) is 0 Å². The number of hydrogen-bond donors (Lipinski definition) is 1. The van der Waals surface area contributed by atoms with Crippen molar-refractivity contribution in [2.24, 2.45) is 5.92 Å². The minimum Gasteiger partial charge on any atom is -0.384 e. The first-order valence-electron chi connectivity index (χ1n) is 7.07. The van der Waals surface area contributed by atoms with Gasteiger partial charge in [0.1, 0.15) is 6.07 Å². The molecule has 0 heterocycles. The number of hydrogen-bond acceptors (Lipinski definition) is 2.